The minimum atomic E-state index is -0.536. The molecule has 0 spiro atoms. The summed E-state index contributed by atoms with van der Waals surface area (Å²) in [7, 11) is 0. The Labute approximate surface area is 183 Å². The van der Waals surface area contributed by atoms with Crippen LogP contribution in [0.4, 0.5) is 40.2 Å². The maximum atomic E-state index is 11.8. The summed E-state index contributed by atoms with van der Waals surface area (Å²) in [6.07, 6.45) is 2.84. The van der Waals surface area contributed by atoms with Crippen molar-refractivity contribution in [3.8, 4) is 0 Å². The first-order valence-electron chi connectivity index (χ1n) is 9.62. The number of aromatic nitrogens is 3. The topological polar surface area (TPSA) is 131 Å². The molecule has 0 aliphatic carbocycles. The van der Waals surface area contributed by atoms with Crippen LogP contribution in [-0.4, -0.2) is 19.9 Å². The Hall–Kier alpha value is -4.73. The molecule has 0 unspecified atom stereocenters. The molecule has 4 rings (SSSR count). The Morgan fingerprint density at radius 2 is 1.44 bits per heavy atom. The van der Waals surface area contributed by atoms with Crippen molar-refractivity contribution in [2.45, 2.75) is 6.92 Å². The van der Waals surface area contributed by atoms with Gasteiger partial charge in [0, 0.05) is 11.9 Å². The van der Waals surface area contributed by atoms with Gasteiger partial charge in [0.25, 0.3) is 0 Å². The Morgan fingerprint density at radius 1 is 0.781 bits per heavy atom. The molecule has 0 amide bonds. The van der Waals surface area contributed by atoms with Crippen LogP contribution < -0.4 is 10.6 Å². The molecule has 2 N–H and O–H groups in total. The zero-order chi connectivity index (χ0) is 22.3. The minimum Gasteiger partial charge on any atom is -0.334 e. The molecule has 0 saturated carbocycles. The molecule has 32 heavy (non-hydrogen) atoms. The Morgan fingerprint density at radius 3 is 2.09 bits per heavy atom. The highest BCUT2D eigenvalue weighted by Gasteiger charge is 2.24. The zero-order valence-electron chi connectivity index (χ0n) is 17.0. The van der Waals surface area contributed by atoms with Gasteiger partial charge in [0.15, 0.2) is 0 Å². The smallest absolute Gasteiger partial charge is 0.334 e. The summed E-state index contributed by atoms with van der Waals surface area (Å²) >= 11 is 0. The van der Waals surface area contributed by atoms with E-state index < -0.39 is 4.92 Å². The number of hydrogen-bond donors (Lipinski definition) is 2. The predicted molar refractivity (Wildman–Crippen MR) is 121 cm³/mol. The molecule has 0 aliphatic heterocycles. The third kappa shape index (κ3) is 4.87. The van der Waals surface area contributed by atoms with Gasteiger partial charge in [0.05, 0.1) is 16.3 Å². The first-order valence-corrected chi connectivity index (χ1v) is 9.62. The summed E-state index contributed by atoms with van der Waals surface area (Å²) in [6, 6.07) is 20.0. The van der Waals surface area contributed by atoms with Gasteiger partial charge in [-0.15, -0.1) is 0 Å². The van der Waals surface area contributed by atoms with Crippen LogP contribution in [0.3, 0.4) is 0 Å². The monoisotopic (exact) mass is 426 g/mol. The van der Waals surface area contributed by atoms with Crippen LogP contribution in [-0.2, 0) is 0 Å². The van der Waals surface area contributed by atoms with E-state index in [1.807, 2.05) is 43.3 Å². The van der Waals surface area contributed by atoms with Crippen LogP contribution in [0.25, 0.3) is 0 Å². The fourth-order valence-electron chi connectivity index (χ4n) is 2.82. The molecule has 0 radical (unpaired) electrons. The summed E-state index contributed by atoms with van der Waals surface area (Å²) in [5.74, 6) is 0.579. The number of nitrogens with one attached hydrogen (secondary N) is 2. The van der Waals surface area contributed by atoms with Crippen molar-refractivity contribution in [1.29, 1.82) is 0 Å². The molecule has 0 saturated heterocycles. The lowest BCUT2D eigenvalue weighted by molar-refractivity contribution is -0.383. The maximum Gasteiger partial charge on any atom is 0.353 e. The van der Waals surface area contributed by atoms with Crippen LogP contribution in [0.1, 0.15) is 5.56 Å². The fraction of sp³-hybridized carbons (Fsp3) is 0.0455. The SMILES string of the molecule is Cc1cccnc1Nc1ncnc(Nc2ccc(N=Nc3ccccc3)cc2)c1[N+](=O)[O-]. The zero-order valence-corrected chi connectivity index (χ0v) is 17.0. The van der Waals surface area contributed by atoms with Gasteiger partial charge in [-0.25, -0.2) is 15.0 Å². The molecule has 0 aliphatic rings. The van der Waals surface area contributed by atoms with Crippen molar-refractivity contribution >= 4 is 40.2 Å². The first kappa shape index (κ1) is 20.5. The largest absolute Gasteiger partial charge is 0.353 e. The summed E-state index contributed by atoms with van der Waals surface area (Å²) in [4.78, 5) is 23.5. The van der Waals surface area contributed by atoms with Crippen LogP contribution in [0, 0.1) is 17.0 Å². The van der Waals surface area contributed by atoms with E-state index >= 15 is 0 Å². The predicted octanol–water partition coefficient (Wildman–Crippen LogP) is 5.99. The molecule has 0 fully saturated rings. The third-order valence-electron chi connectivity index (χ3n) is 4.42. The molecule has 4 aromatic rings. The highest BCUT2D eigenvalue weighted by atomic mass is 16.6. The lowest BCUT2D eigenvalue weighted by atomic mass is 10.2. The van der Waals surface area contributed by atoms with Crippen molar-refractivity contribution in [2.24, 2.45) is 10.2 Å². The molecule has 2 heterocycles. The molecular formula is C22H18N8O2. The molecule has 2 aromatic carbocycles. The van der Waals surface area contributed by atoms with Gasteiger partial charge in [-0.05, 0) is 55.0 Å². The molecule has 0 atom stereocenters. The Kier molecular flexibility index (Phi) is 6.03. The molecule has 10 heteroatoms. The number of hydrogen-bond acceptors (Lipinski definition) is 9. The van der Waals surface area contributed by atoms with Gasteiger partial charge in [0.2, 0.25) is 11.6 Å². The Balaban J connectivity index is 1.55. The minimum absolute atomic E-state index is 0.0441. The van der Waals surface area contributed by atoms with Crippen LogP contribution in [0.2, 0.25) is 0 Å². The summed E-state index contributed by atoms with van der Waals surface area (Å²) in [5.41, 5.74) is 2.53. The number of azo groups is 1. The summed E-state index contributed by atoms with van der Waals surface area (Å²) in [6.45, 7) is 1.85. The van der Waals surface area contributed by atoms with Gasteiger partial charge in [-0.1, -0.05) is 24.3 Å². The molecule has 158 valence electrons. The molecule has 0 bridgehead atoms. The van der Waals surface area contributed by atoms with E-state index in [-0.39, 0.29) is 17.3 Å². The van der Waals surface area contributed by atoms with Crippen molar-refractivity contribution in [3.63, 3.8) is 0 Å². The van der Waals surface area contributed by atoms with Gasteiger partial charge in [-0.2, -0.15) is 10.2 Å². The normalized spacial score (nSPS) is 10.8. The van der Waals surface area contributed by atoms with Gasteiger partial charge >= 0.3 is 5.69 Å². The number of nitro groups is 1. The molecular weight excluding hydrogens is 408 g/mol. The summed E-state index contributed by atoms with van der Waals surface area (Å²) < 4.78 is 0. The van der Waals surface area contributed by atoms with Gasteiger partial charge < -0.3 is 10.6 Å². The molecule has 2 aromatic heterocycles. The third-order valence-corrected chi connectivity index (χ3v) is 4.42. The van der Waals surface area contributed by atoms with Crippen molar-refractivity contribution in [3.05, 3.63) is 94.9 Å². The average Bonchev–Trinajstić information content (AvgIpc) is 2.81. The highest BCUT2D eigenvalue weighted by Crippen LogP contribution is 2.33. The van der Waals surface area contributed by atoms with E-state index in [9.17, 15) is 10.1 Å². The van der Waals surface area contributed by atoms with Crippen molar-refractivity contribution in [1.82, 2.24) is 15.0 Å². The average molecular weight is 426 g/mol. The van der Waals surface area contributed by atoms with Crippen LogP contribution >= 0.6 is 0 Å². The van der Waals surface area contributed by atoms with Gasteiger partial charge in [0.1, 0.15) is 12.1 Å². The van der Waals surface area contributed by atoms with Gasteiger partial charge in [-0.3, -0.25) is 10.1 Å². The highest BCUT2D eigenvalue weighted by molar-refractivity contribution is 5.76. The van der Waals surface area contributed by atoms with Crippen molar-refractivity contribution < 1.29 is 4.92 Å². The van der Waals surface area contributed by atoms with E-state index in [4.69, 9.17) is 0 Å². The van der Waals surface area contributed by atoms with Crippen molar-refractivity contribution in [2.75, 3.05) is 10.6 Å². The number of anilines is 4. The fourth-order valence-corrected chi connectivity index (χ4v) is 2.82. The first-order chi connectivity index (χ1) is 15.6. The molecule has 10 nitrogen and oxygen atoms in total. The number of benzene rings is 2. The van der Waals surface area contributed by atoms with Crippen LogP contribution in [0.15, 0.2) is 89.5 Å². The standard InChI is InChI=1S/C22H18N8O2/c1-15-6-5-13-23-20(15)27-22-19(30(31)32)21(24-14-25-22)26-16-9-11-18(12-10-16)29-28-17-7-3-2-4-8-17/h2-14H,1H3,(H2,23,24,25,26,27). The van der Waals surface area contributed by atoms with E-state index in [0.717, 1.165) is 11.3 Å². The lowest BCUT2D eigenvalue weighted by Crippen LogP contribution is -2.06. The maximum absolute atomic E-state index is 11.8. The van der Waals surface area contributed by atoms with E-state index in [1.165, 1.54) is 6.33 Å². The van der Waals surface area contributed by atoms with E-state index in [2.05, 4.69) is 35.8 Å². The number of aryl methyl sites for hydroxylation is 1. The van der Waals surface area contributed by atoms with E-state index in [0.29, 0.717) is 17.2 Å². The quantitative estimate of drug-likeness (QED) is 0.211. The summed E-state index contributed by atoms with van der Waals surface area (Å²) in [5, 5.41) is 26.0. The Bertz CT molecular complexity index is 1260. The second kappa shape index (κ2) is 9.39. The number of pyridine rings is 1. The second-order valence-electron chi connectivity index (χ2n) is 6.68. The lowest BCUT2D eigenvalue weighted by Gasteiger charge is -2.11. The van der Waals surface area contributed by atoms with E-state index in [1.54, 1.807) is 36.5 Å². The number of nitrogens with zero attached hydrogens (tertiary/aromatic N) is 6. The second-order valence-corrected chi connectivity index (χ2v) is 6.68. The number of rotatable bonds is 7. The van der Waals surface area contributed by atoms with Crippen LogP contribution in [0.5, 0.6) is 0 Å².